The first kappa shape index (κ1) is 13.3. The van der Waals surface area contributed by atoms with E-state index in [9.17, 15) is 4.79 Å². The van der Waals surface area contributed by atoms with Crippen molar-refractivity contribution in [3.8, 4) is 0 Å². The van der Waals surface area contributed by atoms with Gasteiger partial charge in [0.1, 0.15) is 17.5 Å². The van der Waals surface area contributed by atoms with E-state index in [1.807, 2.05) is 24.0 Å². The minimum absolute atomic E-state index is 0.0294. The zero-order valence-corrected chi connectivity index (χ0v) is 11.7. The number of carbonyl (C=O) groups excluding carboxylic acids is 1. The molecule has 1 saturated heterocycles. The van der Waals surface area contributed by atoms with E-state index in [1.165, 1.54) is 0 Å². The maximum absolute atomic E-state index is 11.4. The van der Waals surface area contributed by atoms with E-state index in [4.69, 9.17) is 0 Å². The van der Waals surface area contributed by atoms with Crippen molar-refractivity contribution in [2.45, 2.75) is 6.92 Å². The molecule has 0 radical (unpaired) electrons. The maximum Gasteiger partial charge on any atom is 0.239 e. The van der Waals surface area contributed by atoms with E-state index in [1.54, 1.807) is 18.5 Å². The monoisotopic (exact) mass is 284 g/mol. The Morgan fingerprint density at radius 3 is 2.90 bits per heavy atom. The maximum atomic E-state index is 11.4. The number of nitrogens with zero attached hydrogens (tertiary/aromatic N) is 4. The molecule has 1 amide bonds. The van der Waals surface area contributed by atoms with Crippen LogP contribution in [-0.2, 0) is 4.79 Å². The van der Waals surface area contributed by atoms with Crippen molar-refractivity contribution in [3.63, 3.8) is 0 Å². The summed E-state index contributed by atoms with van der Waals surface area (Å²) in [6.07, 6.45) is 3.44. The third-order valence-corrected chi connectivity index (χ3v) is 3.16. The Labute approximate surface area is 122 Å². The van der Waals surface area contributed by atoms with Crippen molar-refractivity contribution in [3.05, 3.63) is 36.4 Å². The van der Waals surface area contributed by atoms with Gasteiger partial charge in [0.25, 0.3) is 0 Å². The number of hydrogen-bond acceptors (Lipinski definition) is 6. The van der Waals surface area contributed by atoms with E-state index in [0.717, 1.165) is 23.9 Å². The summed E-state index contributed by atoms with van der Waals surface area (Å²) >= 11 is 0. The first-order chi connectivity index (χ1) is 10.2. The molecule has 2 aromatic heterocycles. The lowest BCUT2D eigenvalue weighted by Crippen LogP contribution is -2.48. The van der Waals surface area contributed by atoms with Crippen molar-refractivity contribution in [1.82, 2.24) is 20.3 Å². The van der Waals surface area contributed by atoms with Crippen LogP contribution in [0.1, 0.15) is 5.82 Å². The topological polar surface area (TPSA) is 83.0 Å². The van der Waals surface area contributed by atoms with Gasteiger partial charge in [0.15, 0.2) is 0 Å². The number of piperazine rings is 1. The second kappa shape index (κ2) is 5.74. The van der Waals surface area contributed by atoms with Crippen LogP contribution >= 0.6 is 0 Å². The average molecular weight is 284 g/mol. The van der Waals surface area contributed by atoms with Crippen LogP contribution in [0.25, 0.3) is 0 Å². The zero-order valence-electron chi connectivity index (χ0n) is 11.7. The van der Waals surface area contributed by atoms with Gasteiger partial charge in [-0.3, -0.25) is 4.79 Å². The van der Waals surface area contributed by atoms with E-state index < -0.39 is 0 Å². The van der Waals surface area contributed by atoms with Crippen LogP contribution in [0, 0.1) is 6.92 Å². The second-order valence-corrected chi connectivity index (χ2v) is 4.79. The summed E-state index contributed by atoms with van der Waals surface area (Å²) in [5.41, 5.74) is 0.846. The molecular weight excluding hydrogens is 268 g/mol. The molecule has 1 aliphatic rings. The quantitative estimate of drug-likeness (QED) is 0.870. The van der Waals surface area contributed by atoms with Crippen molar-refractivity contribution in [1.29, 1.82) is 0 Å². The fourth-order valence-electron chi connectivity index (χ4n) is 2.15. The highest BCUT2D eigenvalue weighted by Gasteiger charge is 2.17. The smallest absolute Gasteiger partial charge is 0.239 e. The first-order valence-electron chi connectivity index (χ1n) is 6.75. The third kappa shape index (κ3) is 3.25. The highest BCUT2D eigenvalue weighted by Crippen LogP contribution is 2.17. The van der Waals surface area contributed by atoms with Gasteiger partial charge in [-0.05, 0) is 25.1 Å². The minimum atomic E-state index is 0.0294. The Hall–Kier alpha value is -2.70. The van der Waals surface area contributed by atoms with Crippen molar-refractivity contribution >= 4 is 23.2 Å². The lowest BCUT2D eigenvalue weighted by atomic mass is 10.3. The van der Waals surface area contributed by atoms with Crippen LogP contribution in [0.2, 0.25) is 0 Å². The van der Waals surface area contributed by atoms with Gasteiger partial charge in [-0.2, -0.15) is 0 Å². The van der Waals surface area contributed by atoms with Crippen molar-refractivity contribution in [2.24, 2.45) is 0 Å². The number of amides is 1. The highest BCUT2D eigenvalue weighted by molar-refractivity contribution is 5.82. The van der Waals surface area contributed by atoms with Crippen LogP contribution in [-0.4, -0.2) is 40.5 Å². The van der Waals surface area contributed by atoms with Gasteiger partial charge in [0.2, 0.25) is 5.91 Å². The standard InChI is InChI=1S/C14H16N6O/c1-10-15-5-4-12(18-10)19-11-2-3-13(17-8-11)20-7-6-16-14(21)9-20/h2-5,8H,6-7,9H2,1H3,(H,16,21)(H,15,18,19). The fourth-order valence-corrected chi connectivity index (χ4v) is 2.15. The Morgan fingerprint density at radius 1 is 1.29 bits per heavy atom. The number of aryl methyl sites for hydroxylation is 1. The summed E-state index contributed by atoms with van der Waals surface area (Å²) in [5, 5.41) is 5.97. The molecular formula is C14H16N6O. The number of nitrogens with one attached hydrogen (secondary N) is 2. The molecule has 0 aliphatic carbocycles. The largest absolute Gasteiger partial charge is 0.353 e. The van der Waals surface area contributed by atoms with Gasteiger partial charge in [-0.25, -0.2) is 15.0 Å². The molecule has 0 saturated carbocycles. The van der Waals surface area contributed by atoms with E-state index >= 15 is 0 Å². The Bertz CT molecular complexity index is 642. The molecule has 21 heavy (non-hydrogen) atoms. The molecule has 7 nitrogen and oxygen atoms in total. The van der Waals surface area contributed by atoms with Gasteiger partial charge in [0.05, 0.1) is 18.4 Å². The molecule has 3 rings (SSSR count). The third-order valence-electron chi connectivity index (χ3n) is 3.16. The molecule has 3 heterocycles. The van der Waals surface area contributed by atoms with Gasteiger partial charge in [0, 0.05) is 19.3 Å². The van der Waals surface area contributed by atoms with E-state index in [-0.39, 0.29) is 5.91 Å². The van der Waals surface area contributed by atoms with E-state index in [2.05, 4.69) is 25.6 Å². The predicted octanol–water partition coefficient (Wildman–Crippen LogP) is 0.860. The summed E-state index contributed by atoms with van der Waals surface area (Å²) in [5.74, 6) is 2.27. The normalized spacial score (nSPS) is 14.7. The number of anilines is 3. The van der Waals surface area contributed by atoms with Crippen molar-refractivity contribution < 1.29 is 4.79 Å². The fraction of sp³-hybridized carbons (Fsp3) is 0.286. The Morgan fingerprint density at radius 2 is 2.19 bits per heavy atom. The number of carbonyl (C=O) groups is 1. The molecule has 0 unspecified atom stereocenters. The molecule has 0 atom stereocenters. The predicted molar refractivity (Wildman–Crippen MR) is 79.5 cm³/mol. The highest BCUT2D eigenvalue weighted by atomic mass is 16.2. The van der Waals surface area contributed by atoms with Crippen LogP contribution in [0.3, 0.4) is 0 Å². The minimum Gasteiger partial charge on any atom is -0.353 e. The average Bonchev–Trinajstić information content (AvgIpc) is 2.48. The molecule has 0 aromatic carbocycles. The molecule has 1 fully saturated rings. The molecule has 0 bridgehead atoms. The molecule has 2 N–H and O–H groups in total. The Balaban J connectivity index is 1.70. The summed E-state index contributed by atoms with van der Waals surface area (Å²) < 4.78 is 0. The molecule has 1 aliphatic heterocycles. The number of hydrogen-bond donors (Lipinski definition) is 2. The van der Waals surface area contributed by atoms with Crippen LogP contribution < -0.4 is 15.5 Å². The number of pyridine rings is 1. The van der Waals surface area contributed by atoms with Gasteiger partial charge < -0.3 is 15.5 Å². The Kier molecular flexibility index (Phi) is 3.63. The summed E-state index contributed by atoms with van der Waals surface area (Å²) in [6.45, 7) is 3.62. The van der Waals surface area contributed by atoms with Gasteiger partial charge in [-0.15, -0.1) is 0 Å². The summed E-state index contributed by atoms with van der Waals surface area (Å²) in [4.78, 5) is 26.1. The lowest BCUT2D eigenvalue weighted by Gasteiger charge is -2.27. The summed E-state index contributed by atoms with van der Waals surface area (Å²) in [6, 6.07) is 5.62. The summed E-state index contributed by atoms with van der Waals surface area (Å²) in [7, 11) is 0. The van der Waals surface area contributed by atoms with Crippen LogP contribution in [0.4, 0.5) is 17.3 Å². The van der Waals surface area contributed by atoms with Crippen LogP contribution in [0.5, 0.6) is 0 Å². The first-order valence-corrected chi connectivity index (χ1v) is 6.75. The molecule has 108 valence electrons. The van der Waals surface area contributed by atoms with Crippen molar-refractivity contribution in [2.75, 3.05) is 29.9 Å². The lowest BCUT2D eigenvalue weighted by molar-refractivity contribution is -0.120. The molecule has 7 heteroatoms. The van der Waals surface area contributed by atoms with E-state index in [0.29, 0.717) is 18.9 Å². The second-order valence-electron chi connectivity index (χ2n) is 4.79. The van der Waals surface area contributed by atoms with Gasteiger partial charge in [-0.1, -0.05) is 0 Å². The molecule has 2 aromatic rings. The SMILES string of the molecule is Cc1nccc(Nc2ccc(N3CCNC(=O)C3)nc2)n1. The van der Waals surface area contributed by atoms with Crippen LogP contribution in [0.15, 0.2) is 30.6 Å². The molecule has 0 spiro atoms. The zero-order chi connectivity index (χ0) is 14.7. The number of rotatable bonds is 3. The van der Waals surface area contributed by atoms with Gasteiger partial charge >= 0.3 is 0 Å². The number of aromatic nitrogens is 3.